The lowest BCUT2D eigenvalue weighted by atomic mass is 9.95. The third-order valence-electron chi connectivity index (χ3n) is 4.19. The van der Waals surface area contributed by atoms with Crippen molar-refractivity contribution < 1.29 is 0 Å². The maximum Gasteiger partial charge on any atom is 0.142 e. The first kappa shape index (κ1) is 15.8. The molecule has 0 spiro atoms. The highest BCUT2D eigenvalue weighted by Gasteiger charge is 2.29. The van der Waals surface area contributed by atoms with Crippen molar-refractivity contribution in [3.8, 4) is 12.1 Å². The van der Waals surface area contributed by atoms with E-state index in [2.05, 4.69) is 17.1 Å². The number of allylic oxidation sites excluding steroid dienone is 3. The molecule has 0 bridgehead atoms. The monoisotopic (exact) mass is 332 g/mol. The number of pyridine rings is 1. The highest BCUT2D eigenvalue weighted by Crippen LogP contribution is 2.44. The van der Waals surface area contributed by atoms with Crippen molar-refractivity contribution in [1.82, 2.24) is 4.98 Å². The third-order valence-corrected chi connectivity index (χ3v) is 4.53. The Labute approximate surface area is 145 Å². The Balaban J connectivity index is 2.36. The fourth-order valence-electron chi connectivity index (χ4n) is 2.94. The summed E-state index contributed by atoms with van der Waals surface area (Å²) in [4.78, 5) is 4.30. The second-order valence-electron chi connectivity index (χ2n) is 5.52. The smallest absolute Gasteiger partial charge is 0.142 e. The van der Waals surface area contributed by atoms with Crippen LogP contribution in [0.15, 0.2) is 29.8 Å². The number of nitrogens with zero attached hydrogens (tertiary/aromatic N) is 3. The van der Waals surface area contributed by atoms with Crippen molar-refractivity contribution in [2.24, 2.45) is 0 Å². The average Bonchev–Trinajstić information content (AvgIpc) is 2.81. The Bertz CT molecular complexity index is 1020. The summed E-state index contributed by atoms with van der Waals surface area (Å²) in [5.74, 6) is 0.147. The second kappa shape index (κ2) is 5.85. The summed E-state index contributed by atoms with van der Waals surface area (Å²) in [6.45, 7) is 3.69. The van der Waals surface area contributed by atoms with E-state index in [0.29, 0.717) is 21.9 Å². The van der Waals surface area contributed by atoms with E-state index in [4.69, 9.17) is 17.3 Å². The van der Waals surface area contributed by atoms with Gasteiger partial charge in [-0.2, -0.15) is 10.5 Å². The van der Waals surface area contributed by atoms with Crippen LogP contribution in [-0.2, 0) is 0 Å². The molecule has 1 aromatic carbocycles. The number of nitrogen functional groups attached to an aromatic ring is 1. The summed E-state index contributed by atoms with van der Waals surface area (Å²) < 4.78 is 0. The van der Waals surface area contributed by atoms with Crippen LogP contribution in [0.25, 0.3) is 17.2 Å². The summed E-state index contributed by atoms with van der Waals surface area (Å²) in [5.41, 5.74) is 11.2. The van der Waals surface area contributed by atoms with Crippen LogP contribution in [0.2, 0.25) is 5.02 Å². The lowest BCUT2D eigenvalue weighted by molar-refractivity contribution is 1.22. The van der Waals surface area contributed by atoms with Gasteiger partial charge in [-0.05, 0) is 48.3 Å². The average molecular weight is 333 g/mol. The fraction of sp³-hybridized carbons (Fsp3) is 0.105. The SMILES string of the molecule is CC1=C(C#N)c2nc(N)c(C#N)c(C)c2C1=Cc1ccccc1Cl. The number of fused-ring (bicyclic) bond motifs is 1. The zero-order chi connectivity index (χ0) is 17.4. The Hall–Kier alpha value is -3.08. The lowest BCUT2D eigenvalue weighted by Gasteiger charge is -2.11. The van der Waals surface area contributed by atoms with Gasteiger partial charge < -0.3 is 5.73 Å². The van der Waals surface area contributed by atoms with Gasteiger partial charge in [0.2, 0.25) is 0 Å². The molecule has 3 rings (SSSR count). The van der Waals surface area contributed by atoms with Crippen molar-refractivity contribution in [2.75, 3.05) is 5.73 Å². The summed E-state index contributed by atoms with van der Waals surface area (Å²) in [7, 11) is 0. The highest BCUT2D eigenvalue weighted by molar-refractivity contribution is 6.32. The van der Waals surface area contributed by atoms with Crippen LogP contribution >= 0.6 is 11.6 Å². The van der Waals surface area contributed by atoms with Crippen LogP contribution in [0.3, 0.4) is 0 Å². The molecule has 0 amide bonds. The van der Waals surface area contributed by atoms with E-state index in [0.717, 1.165) is 27.8 Å². The van der Waals surface area contributed by atoms with Crippen LogP contribution in [0.4, 0.5) is 5.82 Å². The van der Waals surface area contributed by atoms with E-state index in [1.54, 1.807) is 0 Å². The number of nitrogens with two attached hydrogens (primary N) is 1. The Morgan fingerprint density at radius 1 is 1.17 bits per heavy atom. The third kappa shape index (κ3) is 2.25. The van der Waals surface area contributed by atoms with Crippen LogP contribution in [0.1, 0.15) is 34.9 Å². The van der Waals surface area contributed by atoms with Gasteiger partial charge in [0.15, 0.2) is 0 Å². The summed E-state index contributed by atoms with van der Waals surface area (Å²) in [6.07, 6.45) is 1.92. The van der Waals surface area contributed by atoms with Crippen molar-refractivity contribution in [1.29, 1.82) is 10.5 Å². The predicted molar refractivity (Wildman–Crippen MR) is 95.6 cm³/mol. The first-order valence-corrected chi connectivity index (χ1v) is 7.65. The van der Waals surface area contributed by atoms with Crippen LogP contribution in [-0.4, -0.2) is 4.98 Å². The number of benzene rings is 1. The summed E-state index contributed by atoms with van der Waals surface area (Å²) in [5, 5.41) is 19.5. The van der Waals surface area contributed by atoms with Gasteiger partial charge in [-0.15, -0.1) is 0 Å². The van der Waals surface area contributed by atoms with E-state index >= 15 is 0 Å². The molecular formula is C19H13ClN4. The lowest BCUT2D eigenvalue weighted by Crippen LogP contribution is -2.03. The van der Waals surface area contributed by atoms with Crippen LogP contribution < -0.4 is 5.73 Å². The molecule has 0 unspecified atom stereocenters. The Kier molecular flexibility index (Phi) is 3.85. The molecule has 1 aliphatic carbocycles. The van der Waals surface area contributed by atoms with Gasteiger partial charge in [-0.25, -0.2) is 4.98 Å². The maximum atomic E-state index is 9.52. The van der Waals surface area contributed by atoms with Gasteiger partial charge >= 0.3 is 0 Å². The van der Waals surface area contributed by atoms with E-state index in [1.807, 2.05) is 44.2 Å². The van der Waals surface area contributed by atoms with E-state index in [-0.39, 0.29) is 5.82 Å². The second-order valence-corrected chi connectivity index (χ2v) is 5.93. The largest absolute Gasteiger partial charge is 0.383 e. The minimum atomic E-state index is 0.147. The highest BCUT2D eigenvalue weighted by atomic mass is 35.5. The molecule has 5 heteroatoms. The van der Waals surface area contributed by atoms with Crippen molar-refractivity contribution in [3.63, 3.8) is 0 Å². The number of anilines is 1. The Morgan fingerprint density at radius 3 is 2.50 bits per heavy atom. The number of nitriles is 2. The molecule has 2 N–H and O–H groups in total. The molecule has 2 aromatic rings. The molecule has 1 heterocycles. The zero-order valence-corrected chi connectivity index (χ0v) is 13.9. The number of hydrogen-bond donors (Lipinski definition) is 1. The van der Waals surface area contributed by atoms with Crippen molar-refractivity contribution in [2.45, 2.75) is 13.8 Å². The topological polar surface area (TPSA) is 86.5 Å². The van der Waals surface area contributed by atoms with Gasteiger partial charge in [0.05, 0.1) is 16.8 Å². The van der Waals surface area contributed by atoms with Gasteiger partial charge in [0.1, 0.15) is 18.0 Å². The van der Waals surface area contributed by atoms with Crippen molar-refractivity contribution >= 4 is 34.6 Å². The Morgan fingerprint density at radius 2 is 1.88 bits per heavy atom. The molecule has 0 radical (unpaired) electrons. The number of halogens is 1. The molecule has 0 saturated heterocycles. The molecule has 24 heavy (non-hydrogen) atoms. The number of hydrogen-bond acceptors (Lipinski definition) is 4. The minimum Gasteiger partial charge on any atom is -0.383 e. The molecule has 0 fully saturated rings. The minimum absolute atomic E-state index is 0.147. The van der Waals surface area contributed by atoms with Crippen LogP contribution in [0.5, 0.6) is 0 Å². The first-order valence-electron chi connectivity index (χ1n) is 7.28. The molecular weight excluding hydrogens is 320 g/mol. The van der Waals surface area contributed by atoms with Crippen LogP contribution in [0, 0.1) is 29.6 Å². The standard InChI is InChI=1S/C19H13ClN4/c1-10-13(7-12-5-3-4-6-16(12)20)17-11(2)15(9-22)19(23)24-18(17)14(10)8-21/h3-7H,1-2H3,(H2,23,24). The summed E-state index contributed by atoms with van der Waals surface area (Å²) in [6, 6.07) is 11.8. The molecule has 0 atom stereocenters. The van der Waals surface area contributed by atoms with Gasteiger partial charge in [-0.1, -0.05) is 29.8 Å². The van der Waals surface area contributed by atoms with Crippen molar-refractivity contribution in [3.05, 3.63) is 62.8 Å². The normalized spacial score (nSPS) is 14.5. The molecule has 4 nitrogen and oxygen atoms in total. The number of aromatic nitrogens is 1. The predicted octanol–water partition coefficient (Wildman–Crippen LogP) is 4.35. The molecule has 0 saturated carbocycles. The van der Waals surface area contributed by atoms with Gasteiger partial charge in [-0.3, -0.25) is 0 Å². The first-order chi connectivity index (χ1) is 11.5. The quantitative estimate of drug-likeness (QED) is 0.841. The number of rotatable bonds is 1. The molecule has 1 aromatic heterocycles. The van der Waals surface area contributed by atoms with E-state index in [1.165, 1.54) is 0 Å². The van der Waals surface area contributed by atoms with Gasteiger partial charge in [0, 0.05) is 10.6 Å². The fourth-order valence-corrected chi connectivity index (χ4v) is 3.13. The summed E-state index contributed by atoms with van der Waals surface area (Å²) >= 11 is 6.26. The molecule has 1 aliphatic rings. The van der Waals surface area contributed by atoms with E-state index in [9.17, 15) is 10.5 Å². The molecule has 116 valence electrons. The zero-order valence-electron chi connectivity index (χ0n) is 13.2. The molecule has 0 aliphatic heterocycles. The maximum absolute atomic E-state index is 9.52. The van der Waals surface area contributed by atoms with Gasteiger partial charge in [0.25, 0.3) is 0 Å². The van der Waals surface area contributed by atoms with E-state index < -0.39 is 0 Å².